The molecule has 0 unspecified atom stereocenters. The average molecular weight is 204 g/mol. The zero-order valence-electron chi connectivity index (χ0n) is 8.68. The Bertz CT molecular complexity index is 449. The van der Waals surface area contributed by atoms with Crippen molar-refractivity contribution in [2.24, 2.45) is 7.05 Å². The second-order valence-corrected chi connectivity index (χ2v) is 3.25. The fourth-order valence-electron chi connectivity index (χ4n) is 1.25. The molecule has 0 aliphatic heterocycles. The summed E-state index contributed by atoms with van der Waals surface area (Å²) in [4.78, 5) is 4.36. The summed E-state index contributed by atoms with van der Waals surface area (Å²) in [5.41, 5.74) is 1.98. The molecule has 0 fully saturated rings. The number of tetrazole rings is 1. The molecule has 0 atom stereocenters. The predicted octanol–water partition coefficient (Wildman–Crippen LogP) is 0.526. The smallest absolute Gasteiger partial charge is 0.242 e. The van der Waals surface area contributed by atoms with Crippen molar-refractivity contribution in [3.05, 3.63) is 29.6 Å². The van der Waals surface area contributed by atoms with Crippen molar-refractivity contribution in [2.45, 2.75) is 13.5 Å². The minimum atomic E-state index is 0.621. The Balaban J connectivity index is 2.02. The van der Waals surface area contributed by atoms with Crippen LogP contribution in [0, 0.1) is 6.92 Å². The summed E-state index contributed by atoms with van der Waals surface area (Å²) >= 11 is 0. The number of nitrogens with zero attached hydrogens (tertiary/aromatic N) is 5. The molecule has 0 aliphatic rings. The lowest BCUT2D eigenvalue weighted by molar-refractivity contribution is 0.712. The van der Waals surface area contributed by atoms with Crippen LogP contribution in [0.3, 0.4) is 0 Å². The van der Waals surface area contributed by atoms with Crippen LogP contribution in [0.4, 0.5) is 5.95 Å². The maximum atomic E-state index is 4.36. The van der Waals surface area contributed by atoms with Gasteiger partial charge in [0, 0.05) is 12.7 Å². The van der Waals surface area contributed by atoms with Crippen LogP contribution in [0.1, 0.15) is 11.4 Å². The normalized spacial score (nSPS) is 10.3. The molecule has 0 saturated carbocycles. The van der Waals surface area contributed by atoms with Crippen LogP contribution in [-0.4, -0.2) is 25.2 Å². The van der Waals surface area contributed by atoms with Gasteiger partial charge in [-0.05, 0) is 29.5 Å². The Labute approximate surface area is 87.3 Å². The Kier molecular flexibility index (Phi) is 2.57. The largest absolute Gasteiger partial charge is 0.347 e. The van der Waals surface area contributed by atoms with Crippen molar-refractivity contribution in [1.82, 2.24) is 25.2 Å². The lowest BCUT2D eigenvalue weighted by Crippen LogP contribution is -2.07. The third-order valence-corrected chi connectivity index (χ3v) is 1.99. The Morgan fingerprint density at radius 2 is 2.27 bits per heavy atom. The average Bonchev–Trinajstić information content (AvgIpc) is 2.61. The molecule has 0 saturated heterocycles. The maximum Gasteiger partial charge on any atom is 0.242 e. The quantitative estimate of drug-likeness (QED) is 0.789. The standard InChI is InChI=1S/C9H12N6/c1-7-4-3-5-8(11-7)6-10-9-12-13-14-15(9)2/h3-5H,6H2,1-2H3,(H,10,12,14). The molecule has 0 aliphatic carbocycles. The monoisotopic (exact) mass is 204 g/mol. The zero-order chi connectivity index (χ0) is 10.7. The number of anilines is 1. The van der Waals surface area contributed by atoms with Crippen LogP contribution in [0.25, 0.3) is 0 Å². The van der Waals surface area contributed by atoms with Gasteiger partial charge in [-0.15, -0.1) is 0 Å². The second-order valence-electron chi connectivity index (χ2n) is 3.25. The second kappa shape index (κ2) is 4.04. The highest BCUT2D eigenvalue weighted by Crippen LogP contribution is 2.02. The fraction of sp³-hybridized carbons (Fsp3) is 0.333. The molecule has 0 bridgehead atoms. The topological polar surface area (TPSA) is 68.5 Å². The maximum absolute atomic E-state index is 4.36. The van der Waals surface area contributed by atoms with E-state index in [2.05, 4.69) is 25.8 Å². The molecule has 15 heavy (non-hydrogen) atoms. The highest BCUT2D eigenvalue weighted by atomic mass is 15.6. The molecule has 6 heteroatoms. The number of rotatable bonds is 3. The zero-order valence-corrected chi connectivity index (χ0v) is 8.68. The number of hydrogen-bond acceptors (Lipinski definition) is 5. The van der Waals surface area contributed by atoms with Crippen molar-refractivity contribution < 1.29 is 0 Å². The van der Waals surface area contributed by atoms with Gasteiger partial charge in [-0.2, -0.15) is 0 Å². The van der Waals surface area contributed by atoms with Gasteiger partial charge in [0.05, 0.1) is 12.2 Å². The van der Waals surface area contributed by atoms with Crippen LogP contribution < -0.4 is 5.32 Å². The van der Waals surface area contributed by atoms with E-state index >= 15 is 0 Å². The Morgan fingerprint density at radius 1 is 1.40 bits per heavy atom. The molecule has 2 aromatic rings. The van der Waals surface area contributed by atoms with Gasteiger partial charge in [-0.3, -0.25) is 4.98 Å². The van der Waals surface area contributed by atoms with Gasteiger partial charge in [-0.25, -0.2) is 4.68 Å². The highest BCUT2D eigenvalue weighted by molar-refractivity contribution is 5.23. The Hall–Kier alpha value is -1.98. The lowest BCUT2D eigenvalue weighted by atomic mass is 10.3. The van der Waals surface area contributed by atoms with Crippen molar-refractivity contribution in [2.75, 3.05) is 5.32 Å². The van der Waals surface area contributed by atoms with E-state index in [0.717, 1.165) is 11.4 Å². The number of aryl methyl sites for hydroxylation is 2. The summed E-state index contributed by atoms with van der Waals surface area (Å²) in [6.45, 7) is 2.59. The van der Waals surface area contributed by atoms with Gasteiger partial charge in [-0.1, -0.05) is 11.2 Å². The van der Waals surface area contributed by atoms with E-state index < -0.39 is 0 Å². The van der Waals surface area contributed by atoms with Crippen LogP contribution in [-0.2, 0) is 13.6 Å². The van der Waals surface area contributed by atoms with Crippen molar-refractivity contribution >= 4 is 5.95 Å². The van der Waals surface area contributed by atoms with Gasteiger partial charge >= 0.3 is 0 Å². The molecular formula is C9H12N6. The SMILES string of the molecule is Cc1cccc(CNc2nnnn2C)n1. The minimum Gasteiger partial charge on any atom is -0.347 e. The first-order chi connectivity index (χ1) is 7.25. The fourth-order valence-corrected chi connectivity index (χ4v) is 1.25. The first-order valence-electron chi connectivity index (χ1n) is 4.64. The first kappa shape index (κ1) is 9.57. The van der Waals surface area contributed by atoms with Crippen molar-refractivity contribution in [1.29, 1.82) is 0 Å². The van der Waals surface area contributed by atoms with Gasteiger partial charge in [0.1, 0.15) is 0 Å². The summed E-state index contributed by atoms with van der Waals surface area (Å²) < 4.78 is 1.58. The molecule has 0 aromatic carbocycles. The van der Waals surface area contributed by atoms with Gasteiger partial charge < -0.3 is 5.32 Å². The van der Waals surface area contributed by atoms with Gasteiger partial charge in [0.2, 0.25) is 5.95 Å². The van der Waals surface area contributed by atoms with Crippen LogP contribution in [0.2, 0.25) is 0 Å². The lowest BCUT2D eigenvalue weighted by Gasteiger charge is -2.03. The molecule has 2 aromatic heterocycles. The molecular weight excluding hydrogens is 192 g/mol. The highest BCUT2D eigenvalue weighted by Gasteiger charge is 2.01. The van der Waals surface area contributed by atoms with Gasteiger partial charge in [0.15, 0.2) is 0 Å². The molecule has 0 amide bonds. The minimum absolute atomic E-state index is 0.621. The summed E-state index contributed by atoms with van der Waals surface area (Å²) in [6, 6.07) is 5.91. The summed E-state index contributed by atoms with van der Waals surface area (Å²) in [7, 11) is 1.78. The van der Waals surface area contributed by atoms with E-state index in [4.69, 9.17) is 0 Å². The molecule has 78 valence electrons. The van der Waals surface area contributed by atoms with Crippen LogP contribution in [0.5, 0.6) is 0 Å². The van der Waals surface area contributed by atoms with E-state index in [1.165, 1.54) is 0 Å². The van der Waals surface area contributed by atoms with Crippen molar-refractivity contribution in [3.63, 3.8) is 0 Å². The molecule has 0 radical (unpaired) electrons. The van der Waals surface area contributed by atoms with E-state index in [-0.39, 0.29) is 0 Å². The number of hydrogen-bond donors (Lipinski definition) is 1. The summed E-state index contributed by atoms with van der Waals surface area (Å²) in [5.74, 6) is 0.637. The first-order valence-corrected chi connectivity index (χ1v) is 4.64. The number of aromatic nitrogens is 5. The van der Waals surface area contributed by atoms with Crippen LogP contribution >= 0.6 is 0 Å². The molecule has 2 rings (SSSR count). The summed E-state index contributed by atoms with van der Waals surface area (Å²) in [6.07, 6.45) is 0. The van der Waals surface area contributed by atoms with E-state index in [1.807, 2.05) is 25.1 Å². The third kappa shape index (κ3) is 2.28. The third-order valence-electron chi connectivity index (χ3n) is 1.99. The Morgan fingerprint density at radius 3 is 2.93 bits per heavy atom. The molecule has 0 spiro atoms. The van der Waals surface area contributed by atoms with E-state index in [9.17, 15) is 0 Å². The van der Waals surface area contributed by atoms with Gasteiger partial charge in [0.25, 0.3) is 0 Å². The molecule has 1 N–H and O–H groups in total. The number of nitrogens with one attached hydrogen (secondary N) is 1. The van der Waals surface area contributed by atoms with Crippen LogP contribution in [0.15, 0.2) is 18.2 Å². The molecule has 2 heterocycles. The predicted molar refractivity (Wildman–Crippen MR) is 55.1 cm³/mol. The number of pyridine rings is 1. The van der Waals surface area contributed by atoms with E-state index in [0.29, 0.717) is 12.5 Å². The van der Waals surface area contributed by atoms with E-state index in [1.54, 1.807) is 11.7 Å². The molecule has 6 nitrogen and oxygen atoms in total. The van der Waals surface area contributed by atoms with Crippen molar-refractivity contribution in [3.8, 4) is 0 Å². The summed E-state index contributed by atoms with van der Waals surface area (Å²) in [5, 5.41) is 14.2.